The van der Waals surface area contributed by atoms with E-state index >= 15 is 0 Å². The van der Waals surface area contributed by atoms with Crippen LogP contribution in [-0.4, -0.2) is 19.1 Å². The van der Waals surface area contributed by atoms with Gasteiger partial charge in [-0.3, -0.25) is 9.97 Å². The molecule has 0 fully saturated rings. The van der Waals surface area contributed by atoms with Gasteiger partial charge in [-0.05, 0) is 83.4 Å². The predicted molar refractivity (Wildman–Crippen MR) is 272 cm³/mol. The highest BCUT2D eigenvalue weighted by Crippen LogP contribution is 2.43. The number of hydrogen-bond donors (Lipinski definition) is 0. The molecule has 0 saturated carbocycles. The van der Waals surface area contributed by atoms with Crippen LogP contribution < -0.4 is 0 Å². The highest BCUT2D eigenvalue weighted by molar-refractivity contribution is 6.13. The maximum atomic E-state index is 14.5. The number of aromatic nitrogens is 4. The third-order valence-electron chi connectivity index (χ3n) is 13.1. The van der Waals surface area contributed by atoms with Gasteiger partial charge in [-0.15, -0.1) is 0 Å². The van der Waals surface area contributed by atoms with Crippen LogP contribution in [0.15, 0.2) is 213 Å². The molecule has 9 heteroatoms. The van der Waals surface area contributed by atoms with Crippen molar-refractivity contribution >= 4 is 43.6 Å². The van der Waals surface area contributed by atoms with E-state index in [1.807, 2.05) is 128 Å². The van der Waals surface area contributed by atoms with Gasteiger partial charge in [-0.2, -0.15) is 23.7 Å². The van der Waals surface area contributed by atoms with Gasteiger partial charge in [0.2, 0.25) is 0 Å². The molecule has 330 valence electrons. The second-order valence-corrected chi connectivity index (χ2v) is 17.2. The van der Waals surface area contributed by atoms with E-state index in [0.29, 0.717) is 11.4 Å². The van der Waals surface area contributed by atoms with Crippen molar-refractivity contribution in [1.29, 1.82) is 10.5 Å². The second kappa shape index (κ2) is 16.6. The van der Waals surface area contributed by atoms with Gasteiger partial charge in [0.15, 0.2) is 0 Å². The molecule has 0 saturated heterocycles. The fraction of sp³-hybridized carbons (Fsp3) is 0.0164. The van der Waals surface area contributed by atoms with Crippen LogP contribution in [0.2, 0.25) is 0 Å². The predicted octanol–water partition coefficient (Wildman–Crippen LogP) is 15.8. The Morgan fingerprint density at radius 2 is 0.857 bits per heavy atom. The van der Waals surface area contributed by atoms with Crippen LogP contribution in [0.3, 0.4) is 0 Å². The van der Waals surface area contributed by atoms with Gasteiger partial charge >= 0.3 is 6.18 Å². The summed E-state index contributed by atoms with van der Waals surface area (Å²) < 4.78 is 47.9. The fourth-order valence-corrected chi connectivity index (χ4v) is 9.79. The molecule has 8 aromatic carbocycles. The summed E-state index contributed by atoms with van der Waals surface area (Å²) in [7, 11) is 0. The molecule has 0 spiro atoms. The smallest absolute Gasteiger partial charge is 0.307 e. The van der Waals surface area contributed by atoms with Crippen LogP contribution in [0.4, 0.5) is 13.2 Å². The first-order chi connectivity index (χ1) is 34.2. The average Bonchev–Trinajstić information content (AvgIpc) is 3.92. The van der Waals surface area contributed by atoms with Gasteiger partial charge in [0.05, 0.1) is 73.7 Å². The molecule has 0 aliphatic heterocycles. The Hall–Kier alpha value is -9.57. The summed E-state index contributed by atoms with van der Waals surface area (Å²) >= 11 is 0. The monoisotopic (exact) mass is 908 g/mol. The maximum Gasteiger partial charge on any atom is 0.416 e. The summed E-state index contributed by atoms with van der Waals surface area (Å²) in [6.45, 7) is 0. The van der Waals surface area contributed by atoms with Crippen LogP contribution in [-0.2, 0) is 6.18 Å². The lowest BCUT2D eigenvalue weighted by atomic mass is 9.94. The minimum atomic E-state index is -4.74. The van der Waals surface area contributed by atoms with Gasteiger partial charge in [0.1, 0.15) is 0 Å². The summed E-state index contributed by atoms with van der Waals surface area (Å²) in [5.74, 6) is 0. The van der Waals surface area contributed by atoms with Crippen LogP contribution in [0.25, 0.3) is 111 Å². The molecule has 70 heavy (non-hydrogen) atoms. The van der Waals surface area contributed by atoms with Crippen molar-refractivity contribution in [2.24, 2.45) is 0 Å². The molecule has 0 amide bonds. The van der Waals surface area contributed by atoms with Crippen molar-refractivity contribution in [2.45, 2.75) is 6.18 Å². The number of nitriles is 2. The molecule has 12 aromatic rings. The van der Waals surface area contributed by atoms with E-state index in [0.717, 1.165) is 101 Å². The molecule has 0 unspecified atom stereocenters. The summed E-state index contributed by atoms with van der Waals surface area (Å²) in [6, 6.07) is 67.9. The van der Waals surface area contributed by atoms with Crippen molar-refractivity contribution in [3.8, 4) is 79.4 Å². The molecule has 12 rings (SSSR count). The van der Waals surface area contributed by atoms with E-state index in [9.17, 15) is 23.7 Å². The van der Waals surface area contributed by atoms with Gasteiger partial charge in [-0.25, -0.2) is 0 Å². The Balaban J connectivity index is 1.14. The molecule has 0 atom stereocenters. The Bertz CT molecular complexity index is 4100. The topological polar surface area (TPSA) is 83.2 Å². The lowest BCUT2D eigenvalue weighted by molar-refractivity contribution is -0.137. The third-order valence-corrected chi connectivity index (χ3v) is 13.1. The molecule has 0 bridgehead atoms. The van der Waals surface area contributed by atoms with E-state index in [1.54, 1.807) is 12.1 Å². The van der Waals surface area contributed by atoms with Crippen molar-refractivity contribution in [1.82, 2.24) is 19.1 Å². The van der Waals surface area contributed by atoms with E-state index in [2.05, 4.69) is 75.9 Å². The quantitative estimate of drug-likeness (QED) is 0.159. The van der Waals surface area contributed by atoms with Crippen LogP contribution in [0, 0.1) is 22.7 Å². The molecular formula is C61H35F3N6. The van der Waals surface area contributed by atoms with Crippen LogP contribution >= 0.6 is 0 Å². The highest BCUT2D eigenvalue weighted by Gasteiger charge is 2.32. The zero-order valence-corrected chi connectivity index (χ0v) is 37.0. The number of fused-ring (bicyclic) bond motifs is 6. The van der Waals surface area contributed by atoms with Gasteiger partial charge < -0.3 is 9.13 Å². The number of nitrogens with zero attached hydrogens (tertiary/aromatic N) is 6. The van der Waals surface area contributed by atoms with Gasteiger partial charge in [-0.1, -0.05) is 133 Å². The van der Waals surface area contributed by atoms with E-state index in [4.69, 9.17) is 9.97 Å². The van der Waals surface area contributed by atoms with Crippen molar-refractivity contribution in [2.75, 3.05) is 0 Å². The second-order valence-electron chi connectivity index (χ2n) is 17.2. The van der Waals surface area contributed by atoms with E-state index in [-0.39, 0.29) is 22.3 Å². The van der Waals surface area contributed by atoms with Crippen LogP contribution in [0.5, 0.6) is 0 Å². The molecule has 0 aliphatic rings. The molecule has 0 N–H and O–H groups in total. The van der Waals surface area contributed by atoms with Crippen molar-refractivity contribution < 1.29 is 13.2 Å². The molecule has 4 aromatic heterocycles. The summed E-state index contributed by atoms with van der Waals surface area (Å²) in [6.07, 6.45) is -1.01. The number of alkyl halides is 3. The minimum Gasteiger partial charge on any atom is -0.307 e. The molecule has 0 radical (unpaired) electrons. The SMILES string of the molecule is N#Cc1cc(-c2cc(-n3c4ccccc4c4ccc(-c5ccc(-c6ccccc6)nc5)cc43)c(-n3c4ccccc4c4ccc(-c5ccc(-c6ccccc6)nc5)cc43)cc2C#N)cc(C(F)(F)F)c1. The first-order valence-corrected chi connectivity index (χ1v) is 22.6. The van der Waals surface area contributed by atoms with E-state index < -0.39 is 11.7 Å². The Morgan fingerprint density at radius 3 is 1.33 bits per heavy atom. The number of pyridine rings is 2. The fourth-order valence-electron chi connectivity index (χ4n) is 9.79. The van der Waals surface area contributed by atoms with Crippen LogP contribution in [0.1, 0.15) is 16.7 Å². The first kappa shape index (κ1) is 41.8. The zero-order valence-electron chi connectivity index (χ0n) is 37.0. The maximum absolute atomic E-state index is 14.5. The Morgan fingerprint density at radius 1 is 0.386 bits per heavy atom. The van der Waals surface area contributed by atoms with Gasteiger partial charge in [0.25, 0.3) is 0 Å². The normalized spacial score (nSPS) is 11.6. The molecule has 0 aliphatic carbocycles. The minimum absolute atomic E-state index is 0.0951. The highest BCUT2D eigenvalue weighted by atomic mass is 19.4. The number of hydrogen-bond acceptors (Lipinski definition) is 4. The Kier molecular flexibility index (Phi) is 9.94. The van der Waals surface area contributed by atoms with Crippen molar-refractivity contribution in [3.05, 3.63) is 229 Å². The van der Waals surface area contributed by atoms with Crippen molar-refractivity contribution in [3.63, 3.8) is 0 Å². The van der Waals surface area contributed by atoms with Gasteiger partial charge in [0, 0.05) is 61.8 Å². The zero-order chi connectivity index (χ0) is 47.5. The first-order valence-electron chi connectivity index (χ1n) is 22.6. The third kappa shape index (κ3) is 7.13. The Labute approximate surface area is 399 Å². The van der Waals surface area contributed by atoms with E-state index in [1.165, 1.54) is 6.07 Å². The summed E-state index contributed by atoms with van der Waals surface area (Å²) in [5.41, 5.74) is 11.3. The number of halogens is 3. The molecular weight excluding hydrogens is 874 g/mol. The number of benzene rings is 8. The standard InChI is InChI=1S/C61H35F3N6/c62-61(63,64)47-28-38(34-65)27-45(29-47)52-33-60(70-56-18-10-8-16-49(56)51-24-20-42(31-58(51)70)44-22-26-54(68-37-44)40-13-5-2-6-14-40)59(32-46(52)35-66)69-55-17-9-7-15-48(55)50-23-19-41(30-57(50)69)43-21-25-53(67-36-43)39-11-3-1-4-12-39/h1-33,36-37H. The lowest BCUT2D eigenvalue weighted by Gasteiger charge is -2.20. The number of rotatable bonds is 7. The average molecular weight is 909 g/mol. The molecule has 6 nitrogen and oxygen atoms in total. The lowest BCUT2D eigenvalue weighted by Crippen LogP contribution is -2.07. The largest absolute Gasteiger partial charge is 0.416 e. The summed E-state index contributed by atoms with van der Waals surface area (Å²) in [4.78, 5) is 9.67. The molecule has 4 heterocycles. The summed E-state index contributed by atoms with van der Waals surface area (Å²) in [5, 5.41) is 24.9. The number of para-hydroxylation sites is 2.